The second kappa shape index (κ2) is 6.52. The smallest absolute Gasteiger partial charge is 0.201 e. The van der Waals surface area contributed by atoms with Crippen LogP contribution >= 0.6 is 0 Å². The quantitative estimate of drug-likeness (QED) is 0.747. The van der Waals surface area contributed by atoms with Crippen molar-refractivity contribution in [1.82, 2.24) is 20.3 Å². The molecule has 1 aromatic carbocycles. The Labute approximate surface area is 146 Å². The Morgan fingerprint density at radius 3 is 2.77 bits per heavy atom. The zero-order chi connectivity index (χ0) is 18.1. The van der Waals surface area contributed by atoms with Gasteiger partial charge in [-0.3, -0.25) is 4.68 Å². The first-order chi connectivity index (χ1) is 12.6. The number of benzene rings is 1. The molecule has 0 amide bonds. The topological polar surface area (TPSA) is 88.5 Å². The van der Waals surface area contributed by atoms with Gasteiger partial charge in [-0.25, -0.2) is 13.8 Å². The fraction of sp³-hybridized carbons (Fsp3) is 0.118. The molecule has 2 N–H and O–H groups in total. The maximum atomic E-state index is 14.0. The SMILES string of the molecule is OC1N=C(c2cc(-c3ccon3)n(Cc3ccccc3F)n2)NC=C1F. The maximum Gasteiger partial charge on any atom is 0.201 e. The molecule has 4 rings (SSSR count). The van der Waals surface area contributed by atoms with Crippen molar-refractivity contribution in [3.8, 4) is 11.4 Å². The van der Waals surface area contributed by atoms with Crippen LogP contribution in [0.3, 0.4) is 0 Å². The van der Waals surface area contributed by atoms with Gasteiger partial charge in [0.05, 0.1) is 12.2 Å². The summed E-state index contributed by atoms with van der Waals surface area (Å²) >= 11 is 0. The fourth-order valence-corrected chi connectivity index (χ4v) is 2.56. The van der Waals surface area contributed by atoms with Crippen LogP contribution in [0.1, 0.15) is 11.3 Å². The van der Waals surface area contributed by atoms with Crippen molar-refractivity contribution in [2.24, 2.45) is 4.99 Å². The van der Waals surface area contributed by atoms with Crippen molar-refractivity contribution >= 4 is 5.84 Å². The fourth-order valence-electron chi connectivity index (χ4n) is 2.56. The summed E-state index contributed by atoms with van der Waals surface area (Å²) in [5.74, 6) is -0.962. The second-order valence-electron chi connectivity index (χ2n) is 5.57. The van der Waals surface area contributed by atoms with E-state index < -0.39 is 12.1 Å². The van der Waals surface area contributed by atoms with Crippen LogP contribution in [0.25, 0.3) is 11.4 Å². The Morgan fingerprint density at radius 1 is 1.19 bits per heavy atom. The number of aliphatic hydroxyl groups is 1. The molecule has 1 aliphatic heterocycles. The largest absolute Gasteiger partial charge is 0.366 e. The molecule has 26 heavy (non-hydrogen) atoms. The number of aromatic nitrogens is 3. The molecule has 1 atom stereocenters. The third-order valence-electron chi connectivity index (χ3n) is 3.85. The average molecular weight is 357 g/mol. The predicted molar refractivity (Wildman–Crippen MR) is 88.1 cm³/mol. The van der Waals surface area contributed by atoms with Gasteiger partial charge in [0, 0.05) is 17.8 Å². The maximum absolute atomic E-state index is 14.0. The summed E-state index contributed by atoms with van der Waals surface area (Å²) in [6.45, 7) is 0.148. The molecular weight excluding hydrogens is 344 g/mol. The van der Waals surface area contributed by atoms with Crippen molar-refractivity contribution in [2.75, 3.05) is 0 Å². The van der Waals surface area contributed by atoms with Crippen LogP contribution < -0.4 is 5.32 Å². The Hall–Kier alpha value is -3.33. The van der Waals surface area contributed by atoms with E-state index in [4.69, 9.17) is 4.52 Å². The summed E-state index contributed by atoms with van der Waals surface area (Å²) in [4.78, 5) is 3.82. The van der Waals surface area contributed by atoms with Crippen LogP contribution in [0.5, 0.6) is 0 Å². The number of aliphatic hydroxyl groups excluding tert-OH is 1. The zero-order valence-corrected chi connectivity index (χ0v) is 13.3. The lowest BCUT2D eigenvalue weighted by molar-refractivity contribution is 0.188. The van der Waals surface area contributed by atoms with Gasteiger partial charge in [0.1, 0.15) is 23.5 Å². The zero-order valence-electron chi connectivity index (χ0n) is 13.3. The lowest BCUT2D eigenvalue weighted by Gasteiger charge is -2.13. The lowest BCUT2D eigenvalue weighted by atomic mass is 10.2. The van der Waals surface area contributed by atoms with Crippen molar-refractivity contribution in [1.29, 1.82) is 0 Å². The highest BCUT2D eigenvalue weighted by molar-refractivity contribution is 5.99. The normalized spacial score (nSPS) is 16.8. The van der Waals surface area contributed by atoms with Crippen molar-refractivity contribution in [3.05, 3.63) is 71.8 Å². The summed E-state index contributed by atoms with van der Waals surface area (Å²) < 4.78 is 33.7. The molecule has 1 unspecified atom stereocenters. The monoisotopic (exact) mass is 357 g/mol. The number of rotatable bonds is 4. The molecule has 132 valence electrons. The van der Waals surface area contributed by atoms with Crippen molar-refractivity contribution in [2.45, 2.75) is 12.8 Å². The first kappa shape index (κ1) is 16.2. The molecule has 1 aliphatic rings. The summed E-state index contributed by atoms with van der Waals surface area (Å²) in [7, 11) is 0. The van der Waals surface area contributed by atoms with Crippen LogP contribution in [0.15, 0.2) is 64.2 Å². The molecular formula is C17H13F2N5O2. The molecule has 0 fully saturated rings. The molecule has 2 aromatic heterocycles. The molecule has 7 nitrogen and oxygen atoms in total. The molecule has 0 spiro atoms. The minimum absolute atomic E-state index is 0.148. The van der Waals surface area contributed by atoms with E-state index in [-0.39, 0.29) is 18.2 Å². The highest BCUT2D eigenvalue weighted by Crippen LogP contribution is 2.22. The standard InChI is InChI=1S/C17H13F2N5O2/c18-11-4-2-1-3-10(11)9-24-15(13-5-6-26-23-13)7-14(22-24)16-20-8-12(19)17(25)21-16/h1-8,17,25H,9H2,(H,20,21). The molecule has 9 heteroatoms. The molecule has 0 saturated heterocycles. The number of nitrogens with one attached hydrogen (secondary N) is 1. The first-order valence-corrected chi connectivity index (χ1v) is 7.72. The van der Waals surface area contributed by atoms with Gasteiger partial charge in [-0.05, 0) is 12.1 Å². The van der Waals surface area contributed by atoms with Gasteiger partial charge in [0.15, 0.2) is 11.7 Å². The van der Waals surface area contributed by atoms with E-state index in [1.54, 1.807) is 30.3 Å². The van der Waals surface area contributed by atoms with Gasteiger partial charge < -0.3 is 14.9 Å². The van der Waals surface area contributed by atoms with Crippen LogP contribution in [0.4, 0.5) is 8.78 Å². The number of aliphatic imine (C=N–C) groups is 1. The van der Waals surface area contributed by atoms with Crippen molar-refractivity contribution in [3.63, 3.8) is 0 Å². The van der Waals surface area contributed by atoms with E-state index >= 15 is 0 Å². The Kier molecular flexibility index (Phi) is 4.05. The summed E-state index contributed by atoms with van der Waals surface area (Å²) in [6.07, 6.45) is 0.838. The Balaban J connectivity index is 1.74. The molecule has 0 radical (unpaired) electrons. The van der Waals surface area contributed by atoms with Crippen LogP contribution in [-0.4, -0.2) is 32.1 Å². The molecule has 0 aliphatic carbocycles. The number of amidine groups is 1. The lowest BCUT2D eigenvalue weighted by Crippen LogP contribution is -2.28. The number of hydrogen-bond donors (Lipinski definition) is 2. The van der Waals surface area contributed by atoms with Crippen LogP contribution in [-0.2, 0) is 6.54 Å². The van der Waals surface area contributed by atoms with E-state index in [0.29, 0.717) is 22.6 Å². The van der Waals surface area contributed by atoms with E-state index in [0.717, 1.165) is 6.20 Å². The average Bonchev–Trinajstić information content (AvgIpc) is 3.29. The highest BCUT2D eigenvalue weighted by Gasteiger charge is 2.21. The van der Waals surface area contributed by atoms with Crippen LogP contribution in [0, 0.1) is 5.82 Å². The third-order valence-corrected chi connectivity index (χ3v) is 3.85. The Morgan fingerprint density at radius 2 is 2.04 bits per heavy atom. The van der Waals surface area contributed by atoms with Gasteiger partial charge in [0.2, 0.25) is 6.23 Å². The summed E-state index contributed by atoms with van der Waals surface area (Å²) in [5, 5.41) is 20.5. The molecule has 3 heterocycles. The summed E-state index contributed by atoms with van der Waals surface area (Å²) in [6, 6.07) is 9.65. The summed E-state index contributed by atoms with van der Waals surface area (Å²) in [5.41, 5.74) is 1.85. The number of hydrogen-bond acceptors (Lipinski definition) is 6. The number of nitrogens with zero attached hydrogens (tertiary/aromatic N) is 4. The number of halogens is 2. The predicted octanol–water partition coefficient (Wildman–Crippen LogP) is 2.20. The van der Waals surface area contributed by atoms with Gasteiger partial charge in [0.25, 0.3) is 0 Å². The van der Waals surface area contributed by atoms with E-state index in [9.17, 15) is 13.9 Å². The van der Waals surface area contributed by atoms with E-state index in [2.05, 4.69) is 20.6 Å². The highest BCUT2D eigenvalue weighted by atomic mass is 19.1. The van der Waals surface area contributed by atoms with Gasteiger partial charge in [-0.15, -0.1) is 0 Å². The van der Waals surface area contributed by atoms with Gasteiger partial charge in [-0.1, -0.05) is 23.4 Å². The van der Waals surface area contributed by atoms with E-state index in [1.165, 1.54) is 17.0 Å². The minimum atomic E-state index is -1.58. The van der Waals surface area contributed by atoms with Crippen LogP contribution in [0.2, 0.25) is 0 Å². The third kappa shape index (κ3) is 3.00. The molecule has 3 aromatic rings. The van der Waals surface area contributed by atoms with E-state index in [1.807, 2.05) is 0 Å². The van der Waals surface area contributed by atoms with Gasteiger partial charge in [-0.2, -0.15) is 5.10 Å². The van der Waals surface area contributed by atoms with Gasteiger partial charge >= 0.3 is 0 Å². The first-order valence-electron chi connectivity index (χ1n) is 7.72. The second-order valence-corrected chi connectivity index (χ2v) is 5.57. The minimum Gasteiger partial charge on any atom is -0.366 e. The Bertz CT molecular complexity index is 995. The molecule has 0 saturated carbocycles. The molecule has 0 bridgehead atoms. The van der Waals surface area contributed by atoms with Crippen molar-refractivity contribution < 1.29 is 18.4 Å².